The van der Waals surface area contributed by atoms with Gasteiger partial charge in [-0.15, -0.1) is 0 Å². The third kappa shape index (κ3) is 1.79. The van der Waals surface area contributed by atoms with Gasteiger partial charge in [0.25, 0.3) is 0 Å². The van der Waals surface area contributed by atoms with Crippen molar-refractivity contribution in [1.29, 1.82) is 0 Å². The fourth-order valence-electron chi connectivity index (χ4n) is 0.650. The van der Waals surface area contributed by atoms with E-state index in [0.29, 0.717) is 5.69 Å². The van der Waals surface area contributed by atoms with Crippen LogP contribution in [-0.4, -0.2) is 21.0 Å². The number of hydrogen-bond donors (Lipinski definition) is 1. The molecule has 12 heavy (non-hydrogen) atoms. The first-order valence-corrected chi connectivity index (χ1v) is 3.41. The third-order valence-electron chi connectivity index (χ3n) is 1.15. The zero-order chi connectivity index (χ0) is 9.14. The first-order valence-electron chi connectivity index (χ1n) is 3.04. The molecule has 62 valence electrons. The molecule has 4 nitrogen and oxygen atoms in total. The summed E-state index contributed by atoms with van der Waals surface area (Å²) < 4.78 is 0. The van der Waals surface area contributed by atoms with E-state index in [9.17, 15) is 4.79 Å². The zero-order valence-electron chi connectivity index (χ0n) is 5.99. The number of carboxylic acids is 1. The SMILES string of the molecule is C=Cc1cc(C(=O)O)nc(Cl)n1. The maximum Gasteiger partial charge on any atom is 0.354 e. The highest BCUT2D eigenvalue weighted by Crippen LogP contribution is 2.06. The molecule has 0 aliphatic carbocycles. The van der Waals surface area contributed by atoms with Gasteiger partial charge >= 0.3 is 5.97 Å². The summed E-state index contributed by atoms with van der Waals surface area (Å²) in [6, 6.07) is 1.29. The number of halogens is 1. The van der Waals surface area contributed by atoms with Crippen LogP contribution in [0.4, 0.5) is 0 Å². The molecular weight excluding hydrogens is 180 g/mol. The van der Waals surface area contributed by atoms with Crippen LogP contribution in [0.25, 0.3) is 6.08 Å². The lowest BCUT2D eigenvalue weighted by atomic mass is 10.3. The Hall–Kier alpha value is -1.42. The van der Waals surface area contributed by atoms with Crippen molar-refractivity contribution in [3.8, 4) is 0 Å². The summed E-state index contributed by atoms with van der Waals surface area (Å²) >= 11 is 5.44. The van der Waals surface area contributed by atoms with Crippen molar-refractivity contribution in [2.45, 2.75) is 0 Å². The zero-order valence-corrected chi connectivity index (χ0v) is 6.75. The van der Waals surface area contributed by atoms with Crippen LogP contribution in [0.15, 0.2) is 12.6 Å². The monoisotopic (exact) mass is 184 g/mol. The molecule has 5 heteroatoms. The predicted molar refractivity (Wildman–Crippen MR) is 44.1 cm³/mol. The van der Waals surface area contributed by atoms with Gasteiger partial charge in [0.2, 0.25) is 5.28 Å². The van der Waals surface area contributed by atoms with Crippen molar-refractivity contribution in [3.05, 3.63) is 29.3 Å². The Labute approximate surface area is 73.5 Å². The molecule has 1 aromatic heterocycles. The number of aromatic carboxylic acids is 1. The van der Waals surface area contributed by atoms with E-state index in [1.807, 2.05) is 0 Å². The maximum absolute atomic E-state index is 10.4. The summed E-state index contributed by atoms with van der Waals surface area (Å²) in [5.74, 6) is -1.14. The van der Waals surface area contributed by atoms with Gasteiger partial charge in [-0.3, -0.25) is 0 Å². The number of carboxylic acid groups (broad SMARTS) is 1. The summed E-state index contributed by atoms with van der Waals surface area (Å²) in [5, 5.41) is 8.45. The number of nitrogens with zero attached hydrogens (tertiary/aromatic N) is 2. The van der Waals surface area contributed by atoms with Crippen molar-refractivity contribution in [2.75, 3.05) is 0 Å². The van der Waals surface area contributed by atoms with E-state index < -0.39 is 5.97 Å². The average molecular weight is 185 g/mol. The number of aromatic nitrogens is 2. The molecule has 0 unspecified atom stereocenters. The normalized spacial score (nSPS) is 9.42. The van der Waals surface area contributed by atoms with Gasteiger partial charge in [-0.05, 0) is 23.7 Å². The molecule has 1 rings (SSSR count). The number of rotatable bonds is 2. The largest absolute Gasteiger partial charge is 0.477 e. The van der Waals surface area contributed by atoms with Crippen LogP contribution in [0.3, 0.4) is 0 Å². The molecule has 0 spiro atoms. The van der Waals surface area contributed by atoms with Gasteiger partial charge in [-0.1, -0.05) is 6.58 Å². The van der Waals surface area contributed by atoms with Gasteiger partial charge in [0, 0.05) is 0 Å². The van der Waals surface area contributed by atoms with E-state index in [2.05, 4.69) is 16.5 Å². The Balaban J connectivity index is 3.23. The van der Waals surface area contributed by atoms with Crippen molar-refractivity contribution in [2.24, 2.45) is 0 Å². The molecule has 0 aromatic carbocycles. The second-order valence-corrected chi connectivity index (χ2v) is 2.29. The highest BCUT2D eigenvalue weighted by atomic mass is 35.5. The van der Waals surface area contributed by atoms with E-state index in [1.54, 1.807) is 0 Å². The summed E-state index contributed by atoms with van der Waals surface area (Å²) in [7, 11) is 0. The first kappa shape index (κ1) is 8.67. The smallest absolute Gasteiger partial charge is 0.354 e. The minimum atomic E-state index is -1.14. The van der Waals surface area contributed by atoms with Gasteiger partial charge < -0.3 is 5.11 Å². The quantitative estimate of drug-likeness (QED) is 0.707. The van der Waals surface area contributed by atoms with Gasteiger partial charge in [0.1, 0.15) is 0 Å². The molecule has 0 aliphatic rings. The number of carbonyl (C=O) groups is 1. The Bertz CT molecular complexity index is 338. The Morgan fingerprint density at radius 2 is 2.33 bits per heavy atom. The first-order chi connectivity index (χ1) is 5.63. The summed E-state index contributed by atoms with van der Waals surface area (Å²) in [6.07, 6.45) is 1.40. The van der Waals surface area contributed by atoms with Gasteiger partial charge in [-0.2, -0.15) is 0 Å². The van der Waals surface area contributed by atoms with Crippen LogP contribution in [-0.2, 0) is 0 Å². The minimum absolute atomic E-state index is 0.0928. The fraction of sp³-hybridized carbons (Fsp3) is 0. The Morgan fingerprint density at radius 1 is 1.67 bits per heavy atom. The van der Waals surface area contributed by atoms with Gasteiger partial charge in [0.15, 0.2) is 5.69 Å². The molecule has 1 N–H and O–H groups in total. The molecule has 0 amide bonds. The van der Waals surface area contributed by atoms with E-state index in [1.165, 1.54) is 12.1 Å². The summed E-state index contributed by atoms with van der Waals surface area (Å²) in [4.78, 5) is 17.6. The molecule has 0 saturated heterocycles. The standard InChI is InChI=1S/C7H5ClN2O2/c1-2-4-3-5(6(11)12)10-7(8)9-4/h2-3H,1H2,(H,11,12). The molecule has 0 radical (unpaired) electrons. The molecular formula is C7H5ClN2O2. The highest BCUT2D eigenvalue weighted by Gasteiger charge is 2.06. The van der Waals surface area contributed by atoms with Crippen molar-refractivity contribution in [1.82, 2.24) is 9.97 Å². The van der Waals surface area contributed by atoms with Crippen LogP contribution < -0.4 is 0 Å². The molecule has 1 heterocycles. The molecule has 1 aromatic rings. The minimum Gasteiger partial charge on any atom is -0.477 e. The lowest BCUT2D eigenvalue weighted by Crippen LogP contribution is -2.02. The lowest BCUT2D eigenvalue weighted by molar-refractivity contribution is 0.0690. The van der Waals surface area contributed by atoms with E-state index in [4.69, 9.17) is 16.7 Å². The van der Waals surface area contributed by atoms with Crippen LogP contribution in [0.2, 0.25) is 5.28 Å². The average Bonchev–Trinajstić information content (AvgIpc) is 2.03. The van der Waals surface area contributed by atoms with Crippen molar-refractivity contribution < 1.29 is 9.90 Å². The second kappa shape index (κ2) is 3.32. The van der Waals surface area contributed by atoms with Crippen LogP contribution >= 0.6 is 11.6 Å². The Morgan fingerprint density at radius 3 is 2.83 bits per heavy atom. The van der Waals surface area contributed by atoms with Crippen LogP contribution in [0.1, 0.15) is 16.2 Å². The molecule has 0 aliphatic heterocycles. The van der Waals surface area contributed by atoms with Crippen LogP contribution in [0, 0.1) is 0 Å². The highest BCUT2D eigenvalue weighted by molar-refractivity contribution is 6.28. The van der Waals surface area contributed by atoms with E-state index >= 15 is 0 Å². The van der Waals surface area contributed by atoms with Crippen molar-refractivity contribution >= 4 is 23.6 Å². The molecule has 0 saturated carbocycles. The summed E-state index contributed by atoms with van der Waals surface area (Å²) in [5.41, 5.74) is 0.261. The Kier molecular flexibility index (Phi) is 2.40. The molecule has 0 bridgehead atoms. The van der Waals surface area contributed by atoms with Crippen molar-refractivity contribution in [3.63, 3.8) is 0 Å². The van der Waals surface area contributed by atoms with Gasteiger partial charge in [-0.25, -0.2) is 14.8 Å². The molecule has 0 atom stereocenters. The fourth-order valence-corrected chi connectivity index (χ4v) is 0.838. The maximum atomic E-state index is 10.4. The van der Waals surface area contributed by atoms with Crippen LogP contribution in [0.5, 0.6) is 0 Å². The van der Waals surface area contributed by atoms with Gasteiger partial charge in [0.05, 0.1) is 5.69 Å². The van der Waals surface area contributed by atoms with E-state index in [-0.39, 0.29) is 11.0 Å². The molecule has 0 fully saturated rings. The second-order valence-electron chi connectivity index (χ2n) is 1.96. The van der Waals surface area contributed by atoms with E-state index in [0.717, 1.165) is 0 Å². The predicted octanol–water partition coefficient (Wildman–Crippen LogP) is 1.47. The topological polar surface area (TPSA) is 63.1 Å². The summed E-state index contributed by atoms with van der Waals surface area (Å²) in [6.45, 7) is 3.43. The lowest BCUT2D eigenvalue weighted by Gasteiger charge is -1.96. The number of hydrogen-bond acceptors (Lipinski definition) is 3. The third-order valence-corrected chi connectivity index (χ3v) is 1.32.